The largest absolute Gasteiger partial charge is 2.00 e. The molecule has 0 aromatic rings. The van der Waals surface area contributed by atoms with Gasteiger partial charge in [-0.25, -0.2) is 23.3 Å². The van der Waals surface area contributed by atoms with Crippen LogP contribution in [0.5, 0.6) is 0 Å². The summed E-state index contributed by atoms with van der Waals surface area (Å²) in [6.07, 6.45) is 25.1. The summed E-state index contributed by atoms with van der Waals surface area (Å²) in [5, 5.41) is 0. The Hall–Kier alpha value is -0.466. The first-order chi connectivity index (χ1) is 8.86. The van der Waals surface area contributed by atoms with Crippen molar-refractivity contribution in [1.82, 2.24) is 0 Å². The zero-order valence-corrected chi connectivity index (χ0v) is 14.8. The van der Waals surface area contributed by atoms with Gasteiger partial charge >= 0.3 is 21.7 Å². The first-order valence-electron chi connectivity index (χ1n) is 7.39. The molecular weight excluding hydrogens is 302 g/mol. The topological polar surface area (TPSA) is 0 Å². The van der Waals surface area contributed by atoms with Crippen LogP contribution in [0.2, 0.25) is 0 Å². The van der Waals surface area contributed by atoms with Gasteiger partial charge in [0.05, 0.1) is 0 Å². The molecule has 0 radical (unpaired) electrons. The second kappa shape index (κ2) is 17.6. The first-order valence-corrected chi connectivity index (χ1v) is 7.39. The van der Waals surface area contributed by atoms with Crippen LogP contribution in [-0.4, -0.2) is 0 Å². The average molecular weight is 330 g/mol. The van der Waals surface area contributed by atoms with Gasteiger partial charge in [-0.1, -0.05) is 52.4 Å². The minimum atomic E-state index is 0. The van der Waals surface area contributed by atoms with E-state index in [0.717, 1.165) is 12.8 Å². The van der Waals surface area contributed by atoms with Crippen LogP contribution in [0.4, 0.5) is 9.41 Å². The maximum Gasteiger partial charge on any atom is 2.00 e. The third-order valence-electron chi connectivity index (χ3n) is 3.13. The minimum absolute atomic E-state index is 0. The second-order valence-corrected chi connectivity index (χ2v) is 4.82. The van der Waals surface area contributed by atoms with Gasteiger partial charge in [0.15, 0.2) is 0 Å². The van der Waals surface area contributed by atoms with E-state index in [0.29, 0.717) is 0 Å². The molecule has 0 atom stereocenters. The fourth-order valence-corrected chi connectivity index (χ4v) is 1.98. The van der Waals surface area contributed by atoms with Gasteiger partial charge in [-0.15, -0.1) is 12.8 Å². The Balaban J connectivity index is -0.000000270. The van der Waals surface area contributed by atoms with Crippen LogP contribution in [0.25, 0.3) is 0 Å². The first kappa shape index (κ1) is 25.5. The van der Waals surface area contributed by atoms with E-state index in [1.807, 2.05) is 0 Å². The molecule has 3 heteroatoms. The van der Waals surface area contributed by atoms with Crippen molar-refractivity contribution >= 4 is 0 Å². The summed E-state index contributed by atoms with van der Waals surface area (Å²) in [5.41, 5.74) is 2.83. The number of unbranched alkanes of at least 4 members (excludes halogenated alkanes) is 2. The molecule has 0 bridgehead atoms. The molecule has 0 nitrogen and oxygen atoms in total. The number of hydrogen-bond acceptors (Lipinski definition) is 0. The standard InChI is InChI=1S/2C9H13.2FH.Ti/c2*1-2-3-6-9-7-4-5-8-9;;;/h2*4,7H,2-3,5-6H2,1H3;2*1H;/q2*-1;;;+2. The molecule has 0 N–H and O–H groups in total. The predicted molar refractivity (Wildman–Crippen MR) is 85.1 cm³/mol. The van der Waals surface area contributed by atoms with E-state index in [-0.39, 0.29) is 31.1 Å². The van der Waals surface area contributed by atoms with Crippen LogP contribution in [0, 0.1) is 12.2 Å². The zero-order chi connectivity index (χ0) is 13.1. The quantitative estimate of drug-likeness (QED) is 0.412. The van der Waals surface area contributed by atoms with Gasteiger partial charge in [0, 0.05) is 0 Å². The van der Waals surface area contributed by atoms with Crippen LogP contribution < -0.4 is 0 Å². The fourth-order valence-electron chi connectivity index (χ4n) is 1.98. The number of rotatable bonds is 6. The van der Waals surface area contributed by atoms with Crippen LogP contribution in [0.1, 0.15) is 65.2 Å². The summed E-state index contributed by atoms with van der Waals surface area (Å²) in [4.78, 5) is 0. The van der Waals surface area contributed by atoms with E-state index < -0.39 is 0 Å². The Kier molecular flexibility index (Phi) is 21.3. The zero-order valence-electron chi connectivity index (χ0n) is 13.3. The summed E-state index contributed by atoms with van der Waals surface area (Å²) in [6, 6.07) is 0. The van der Waals surface area contributed by atoms with E-state index in [9.17, 15) is 0 Å². The minimum Gasteiger partial charge on any atom is -0.269 e. The molecule has 0 aromatic carbocycles. The second-order valence-electron chi connectivity index (χ2n) is 4.82. The van der Waals surface area contributed by atoms with Crippen molar-refractivity contribution < 1.29 is 31.1 Å². The summed E-state index contributed by atoms with van der Waals surface area (Å²) in [7, 11) is 0. The maximum atomic E-state index is 3.30. The smallest absolute Gasteiger partial charge is 0.269 e. The van der Waals surface area contributed by atoms with Gasteiger partial charge in [-0.05, 0) is 0 Å². The summed E-state index contributed by atoms with van der Waals surface area (Å²) < 4.78 is 0. The number of allylic oxidation sites excluding steroid dienone is 8. The summed E-state index contributed by atoms with van der Waals surface area (Å²) >= 11 is 0. The molecule has 0 saturated heterocycles. The van der Waals surface area contributed by atoms with Crippen LogP contribution in [0.15, 0.2) is 35.5 Å². The van der Waals surface area contributed by atoms with E-state index in [4.69, 9.17) is 0 Å². The molecule has 0 unspecified atom stereocenters. The predicted octanol–water partition coefficient (Wildman–Crippen LogP) is 6.03. The molecule has 21 heavy (non-hydrogen) atoms. The Bertz CT molecular complexity index is 307. The molecule has 0 heterocycles. The van der Waals surface area contributed by atoms with Crippen molar-refractivity contribution in [2.45, 2.75) is 65.2 Å². The van der Waals surface area contributed by atoms with E-state index >= 15 is 0 Å². The number of halogens is 2. The molecule has 0 amide bonds. The average Bonchev–Trinajstić information content (AvgIpc) is 3.07. The van der Waals surface area contributed by atoms with E-state index in [1.54, 1.807) is 0 Å². The third kappa shape index (κ3) is 13.0. The summed E-state index contributed by atoms with van der Waals surface area (Å²) in [6.45, 7) is 4.44. The monoisotopic (exact) mass is 330 g/mol. The molecule has 0 saturated carbocycles. The molecule has 2 rings (SSSR count). The molecule has 2 aliphatic rings. The Morgan fingerprint density at radius 3 is 1.43 bits per heavy atom. The van der Waals surface area contributed by atoms with Gasteiger partial charge in [0.2, 0.25) is 0 Å². The number of hydrogen-bond donors (Lipinski definition) is 0. The summed E-state index contributed by atoms with van der Waals surface area (Å²) in [5.74, 6) is 0. The molecule has 2 aliphatic carbocycles. The van der Waals surface area contributed by atoms with Crippen molar-refractivity contribution in [3.05, 3.63) is 47.6 Å². The normalized spacial score (nSPS) is 14.0. The van der Waals surface area contributed by atoms with Gasteiger partial charge in [0.1, 0.15) is 0 Å². The van der Waals surface area contributed by atoms with Crippen molar-refractivity contribution in [2.24, 2.45) is 0 Å². The van der Waals surface area contributed by atoms with Gasteiger partial charge in [-0.3, -0.25) is 21.6 Å². The van der Waals surface area contributed by atoms with E-state index in [1.165, 1.54) is 49.7 Å². The SMILES string of the molecule is CCCCC1=[C-]CC=C1.CCCCC1=[C-]CC=C1.F.F.[Ti+2]. The molecule has 0 spiro atoms. The van der Waals surface area contributed by atoms with Crippen molar-refractivity contribution in [2.75, 3.05) is 0 Å². The van der Waals surface area contributed by atoms with Crippen LogP contribution in [0.3, 0.4) is 0 Å². The van der Waals surface area contributed by atoms with Crippen LogP contribution >= 0.6 is 0 Å². The maximum absolute atomic E-state index is 3.30. The third-order valence-corrected chi connectivity index (χ3v) is 3.13. The Morgan fingerprint density at radius 2 is 1.19 bits per heavy atom. The van der Waals surface area contributed by atoms with E-state index in [2.05, 4.69) is 50.3 Å². The van der Waals surface area contributed by atoms with Gasteiger partial charge in [0.25, 0.3) is 0 Å². The van der Waals surface area contributed by atoms with Crippen LogP contribution in [-0.2, 0) is 21.7 Å². The molecule has 0 aliphatic heterocycles. The molecule has 0 aromatic heterocycles. The Labute approximate surface area is 144 Å². The van der Waals surface area contributed by atoms with Crippen molar-refractivity contribution in [1.29, 1.82) is 0 Å². The van der Waals surface area contributed by atoms with Crippen molar-refractivity contribution in [3.8, 4) is 0 Å². The molecular formula is C18H28F2Ti. The van der Waals surface area contributed by atoms with Crippen molar-refractivity contribution in [3.63, 3.8) is 0 Å². The fraction of sp³-hybridized carbons (Fsp3) is 0.556. The van der Waals surface area contributed by atoms with Gasteiger partial charge in [-0.2, -0.15) is 12.2 Å². The molecule has 0 fully saturated rings. The Morgan fingerprint density at radius 1 is 0.810 bits per heavy atom. The molecule has 118 valence electrons. The van der Waals surface area contributed by atoms with Gasteiger partial charge < -0.3 is 0 Å².